The lowest BCUT2D eigenvalue weighted by molar-refractivity contribution is 0.00512. The van der Waals surface area contributed by atoms with Gasteiger partial charge in [0.05, 0.1) is 6.10 Å². The smallest absolute Gasteiger partial charge is 0.123 e. The Labute approximate surface area is 115 Å². The molecule has 1 aromatic rings. The molecule has 1 aromatic carbocycles. The summed E-state index contributed by atoms with van der Waals surface area (Å²) >= 11 is 0. The average molecular weight is 265 g/mol. The van der Waals surface area contributed by atoms with Gasteiger partial charge in [0.25, 0.3) is 0 Å². The molecular formula is C16H24FNO. The number of benzene rings is 1. The molecule has 1 saturated heterocycles. The van der Waals surface area contributed by atoms with Crippen molar-refractivity contribution in [1.82, 2.24) is 5.32 Å². The fraction of sp³-hybridized carbons (Fsp3) is 0.625. The molecule has 0 saturated carbocycles. The quantitative estimate of drug-likeness (QED) is 0.875. The van der Waals surface area contributed by atoms with Crippen molar-refractivity contribution < 1.29 is 9.13 Å². The van der Waals surface area contributed by atoms with Gasteiger partial charge in [-0.15, -0.1) is 0 Å². The minimum Gasteiger partial charge on any atom is -0.378 e. The number of hydrogen-bond donors (Lipinski definition) is 1. The molecule has 2 unspecified atom stereocenters. The highest BCUT2D eigenvalue weighted by atomic mass is 19.1. The highest BCUT2D eigenvalue weighted by Crippen LogP contribution is 2.26. The lowest BCUT2D eigenvalue weighted by Gasteiger charge is -2.28. The first-order valence-electron chi connectivity index (χ1n) is 7.31. The Bertz CT molecular complexity index is 381. The van der Waals surface area contributed by atoms with Crippen LogP contribution in [0.15, 0.2) is 18.2 Å². The summed E-state index contributed by atoms with van der Waals surface area (Å²) in [7, 11) is 0. The van der Waals surface area contributed by atoms with E-state index in [1.165, 1.54) is 12.8 Å². The fourth-order valence-electron chi connectivity index (χ4n) is 2.81. The van der Waals surface area contributed by atoms with Crippen molar-refractivity contribution in [2.45, 2.75) is 51.7 Å². The molecule has 106 valence electrons. The van der Waals surface area contributed by atoms with E-state index in [9.17, 15) is 4.39 Å². The lowest BCUT2D eigenvalue weighted by atomic mass is 9.95. The van der Waals surface area contributed by atoms with E-state index in [2.05, 4.69) is 18.3 Å². The number of ether oxygens (including phenoxy) is 1. The summed E-state index contributed by atoms with van der Waals surface area (Å²) in [6.07, 6.45) is 4.77. The van der Waals surface area contributed by atoms with Gasteiger partial charge in [-0.2, -0.15) is 0 Å². The molecule has 0 amide bonds. The third-order valence-electron chi connectivity index (χ3n) is 3.69. The summed E-state index contributed by atoms with van der Waals surface area (Å²) in [5, 5.41) is 3.45. The second kappa shape index (κ2) is 7.01. The molecule has 1 aliphatic heterocycles. The van der Waals surface area contributed by atoms with Gasteiger partial charge in [-0.05, 0) is 62.4 Å². The van der Waals surface area contributed by atoms with Crippen LogP contribution in [-0.4, -0.2) is 19.3 Å². The monoisotopic (exact) mass is 265 g/mol. The topological polar surface area (TPSA) is 21.3 Å². The highest BCUT2D eigenvalue weighted by Gasteiger charge is 2.20. The van der Waals surface area contributed by atoms with Crippen molar-refractivity contribution in [3.05, 3.63) is 35.1 Å². The van der Waals surface area contributed by atoms with Crippen molar-refractivity contribution in [2.75, 3.05) is 13.2 Å². The number of rotatable bonds is 5. The van der Waals surface area contributed by atoms with Crippen molar-refractivity contribution in [3.63, 3.8) is 0 Å². The van der Waals surface area contributed by atoms with E-state index in [1.54, 1.807) is 12.1 Å². The molecule has 3 heteroatoms. The van der Waals surface area contributed by atoms with Crippen LogP contribution in [0.5, 0.6) is 0 Å². The molecule has 1 heterocycles. The number of hydrogen-bond acceptors (Lipinski definition) is 2. The van der Waals surface area contributed by atoms with Crippen LogP contribution >= 0.6 is 0 Å². The van der Waals surface area contributed by atoms with Gasteiger partial charge < -0.3 is 10.1 Å². The van der Waals surface area contributed by atoms with Crippen molar-refractivity contribution in [1.29, 1.82) is 0 Å². The first-order valence-corrected chi connectivity index (χ1v) is 7.31. The molecule has 0 bridgehead atoms. The maximum Gasteiger partial charge on any atom is 0.123 e. The number of nitrogens with one attached hydrogen (secondary N) is 1. The Hall–Kier alpha value is -0.930. The predicted octanol–water partition coefficient (Wildman–Crippen LogP) is 3.74. The molecule has 1 fully saturated rings. The molecule has 0 aromatic heterocycles. The molecule has 1 aliphatic rings. The fourth-order valence-corrected chi connectivity index (χ4v) is 2.81. The maximum absolute atomic E-state index is 13.5. The van der Waals surface area contributed by atoms with E-state index in [-0.39, 0.29) is 11.9 Å². The first kappa shape index (κ1) is 14.5. The summed E-state index contributed by atoms with van der Waals surface area (Å²) in [4.78, 5) is 0. The lowest BCUT2D eigenvalue weighted by Crippen LogP contribution is -2.28. The predicted molar refractivity (Wildman–Crippen MR) is 75.8 cm³/mol. The Kier molecular flexibility index (Phi) is 5.34. The summed E-state index contributed by atoms with van der Waals surface area (Å²) in [5.74, 6) is -0.150. The summed E-state index contributed by atoms with van der Waals surface area (Å²) in [6, 6.07) is 5.47. The zero-order valence-corrected chi connectivity index (χ0v) is 11.9. The molecule has 19 heavy (non-hydrogen) atoms. The van der Waals surface area contributed by atoms with E-state index < -0.39 is 0 Å². The van der Waals surface area contributed by atoms with E-state index in [0.717, 1.165) is 37.1 Å². The average Bonchev–Trinajstić information content (AvgIpc) is 2.38. The molecule has 0 aliphatic carbocycles. The largest absolute Gasteiger partial charge is 0.378 e. The molecule has 2 nitrogen and oxygen atoms in total. The minimum absolute atomic E-state index is 0.150. The summed E-state index contributed by atoms with van der Waals surface area (Å²) in [6.45, 7) is 5.77. The van der Waals surface area contributed by atoms with Gasteiger partial charge >= 0.3 is 0 Å². The molecular weight excluding hydrogens is 241 g/mol. The van der Waals surface area contributed by atoms with Gasteiger partial charge in [-0.25, -0.2) is 4.39 Å². The van der Waals surface area contributed by atoms with Gasteiger partial charge in [0.1, 0.15) is 5.82 Å². The number of halogens is 1. The van der Waals surface area contributed by atoms with E-state index >= 15 is 0 Å². The molecule has 2 atom stereocenters. The second-order valence-corrected chi connectivity index (χ2v) is 5.40. The van der Waals surface area contributed by atoms with Crippen molar-refractivity contribution in [2.24, 2.45) is 0 Å². The van der Waals surface area contributed by atoms with Crippen LogP contribution in [0.2, 0.25) is 0 Å². The minimum atomic E-state index is -0.150. The van der Waals surface area contributed by atoms with Gasteiger partial charge in [0.2, 0.25) is 0 Å². The zero-order chi connectivity index (χ0) is 13.7. The van der Waals surface area contributed by atoms with Crippen molar-refractivity contribution in [3.8, 4) is 0 Å². The van der Waals surface area contributed by atoms with E-state index in [0.29, 0.717) is 6.10 Å². The van der Waals surface area contributed by atoms with E-state index in [1.807, 2.05) is 6.92 Å². The van der Waals surface area contributed by atoms with E-state index in [4.69, 9.17) is 4.74 Å². The molecule has 2 rings (SSSR count). The van der Waals surface area contributed by atoms with Crippen LogP contribution in [-0.2, 0) is 4.74 Å². The SMILES string of the molecule is CCNC(CC1CCCCO1)c1cc(C)cc(F)c1. The van der Waals surface area contributed by atoms with Crippen LogP contribution in [0.4, 0.5) is 4.39 Å². The van der Waals surface area contributed by atoms with Gasteiger partial charge in [0.15, 0.2) is 0 Å². The Morgan fingerprint density at radius 2 is 2.21 bits per heavy atom. The van der Waals surface area contributed by atoms with Crippen molar-refractivity contribution >= 4 is 0 Å². The third kappa shape index (κ3) is 4.29. The van der Waals surface area contributed by atoms with Crippen LogP contribution in [0.25, 0.3) is 0 Å². The molecule has 1 N–H and O–H groups in total. The first-order chi connectivity index (χ1) is 9.19. The highest BCUT2D eigenvalue weighted by molar-refractivity contribution is 5.26. The maximum atomic E-state index is 13.5. The van der Waals surface area contributed by atoms with Crippen LogP contribution in [0.1, 0.15) is 49.8 Å². The standard InChI is InChI=1S/C16H24FNO/c1-3-18-16(11-15-6-4-5-7-19-15)13-8-12(2)9-14(17)10-13/h8-10,15-16,18H,3-7,11H2,1-2H3. The summed E-state index contributed by atoms with van der Waals surface area (Å²) in [5.41, 5.74) is 2.01. The van der Waals surface area contributed by atoms with Gasteiger partial charge in [0, 0.05) is 12.6 Å². The normalized spacial score (nSPS) is 21.3. The summed E-state index contributed by atoms with van der Waals surface area (Å²) < 4.78 is 19.4. The Morgan fingerprint density at radius 3 is 2.84 bits per heavy atom. The zero-order valence-electron chi connectivity index (χ0n) is 11.9. The third-order valence-corrected chi connectivity index (χ3v) is 3.69. The number of aryl methyl sites for hydroxylation is 1. The van der Waals surface area contributed by atoms with Crippen LogP contribution in [0, 0.1) is 12.7 Å². The Balaban J connectivity index is 2.09. The molecule has 0 spiro atoms. The van der Waals surface area contributed by atoms with Crippen LogP contribution < -0.4 is 5.32 Å². The Morgan fingerprint density at radius 1 is 1.37 bits per heavy atom. The second-order valence-electron chi connectivity index (χ2n) is 5.40. The van der Waals surface area contributed by atoms with Gasteiger partial charge in [-0.3, -0.25) is 0 Å². The van der Waals surface area contributed by atoms with Gasteiger partial charge in [-0.1, -0.05) is 13.0 Å². The van der Waals surface area contributed by atoms with Crippen LogP contribution in [0.3, 0.4) is 0 Å². The molecule has 0 radical (unpaired) electrons.